The number of hydrogen-bond acceptors (Lipinski definition) is 6. The van der Waals surface area contributed by atoms with E-state index >= 15 is 0 Å². The van der Waals surface area contributed by atoms with Crippen molar-refractivity contribution in [3.63, 3.8) is 0 Å². The standard InChI is InChI=1S/C12H14N6S/c1-18(15)7-11(14)19-17-10-4-2-3-9-8(5-13)6-16-12(9)10/h2-4,6-7,16-17H,14-15H2,1H3/b11-7+. The number of fused-ring (bicyclic) bond motifs is 1. The molecule has 0 bridgehead atoms. The highest BCUT2D eigenvalue weighted by Crippen LogP contribution is 2.27. The van der Waals surface area contributed by atoms with Crippen LogP contribution in [-0.2, 0) is 0 Å². The van der Waals surface area contributed by atoms with Gasteiger partial charge in [0.1, 0.15) is 11.1 Å². The maximum atomic E-state index is 8.99. The van der Waals surface area contributed by atoms with Crippen molar-refractivity contribution in [2.45, 2.75) is 0 Å². The minimum absolute atomic E-state index is 0.536. The van der Waals surface area contributed by atoms with E-state index < -0.39 is 0 Å². The molecule has 98 valence electrons. The molecule has 1 aromatic heterocycles. The van der Waals surface area contributed by atoms with E-state index in [0.717, 1.165) is 16.6 Å². The Morgan fingerprint density at radius 2 is 2.37 bits per heavy atom. The van der Waals surface area contributed by atoms with Crippen molar-refractivity contribution in [3.8, 4) is 6.07 Å². The van der Waals surface area contributed by atoms with E-state index in [-0.39, 0.29) is 0 Å². The minimum atomic E-state index is 0.536. The normalized spacial score (nSPS) is 11.3. The van der Waals surface area contributed by atoms with Crippen LogP contribution in [0.1, 0.15) is 5.56 Å². The summed E-state index contributed by atoms with van der Waals surface area (Å²) >= 11 is 1.25. The van der Waals surface area contributed by atoms with Gasteiger partial charge in [0, 0.05) is 36.8 Å². The van der Waals surface area contributed by atoms with Crippen molar-refractivity contribution in [1.82, 2.24) is 9.99 Å². The molecule has 6 N–H and O–H groups in total. The summed E-state index contributed by atoms with van der Waals surface area (Å²) in [6.45, 7) is 0. The van der Waals surface area contributed by atoms with Crippen LogP contribution in [0.3, 0.4) is 0 Å². The number of nitrogens with zero attached hydrogens (tertiary/aromatic N) is 2. The van der Waals surface area contributed by atoms with Crippen LogP contribution in [0.15, 0.2) is 35.6 Å². The number of nitriles is 1. The lowest BCUT2D eigenvalue weighted by Gasteiger charge is -2.09. The van der Waals surface area contributed by atoms with Crippen LogP contribution in [0, 0.1) is 11.3 Å². The topological polar surface area (TPSA) is 107 Å². The minimum Gasteiger partial charge on any atom is -0.391 e. The summed E-state index contributed by atoms with van der Waals surface area (Å²) in [6.07, 6.45) is 3.29. The molecule has 0 atom stereocenters. The van der Waals surface area contributed by atoms with Crippen LogP contribution in [0.5, 0.6) is 0 Å². The van der Waals surface area contributed by atoms with Gasteiger partial charge in [-0.25, -0.2) is 5.84 Å². The second kappa shape index (κ2) is 5.56. The molecule has 7 heteroatoms. The second-order valence-electron chi connectivity index (χ2n) is 3.94. The third kappa shape index (κ3) is 2.93. The predicted molar refractivity (Wildman–Crippen MR) is 78.4 cm³/mol. The summed E-state index contributed by atoms with van der Waals surface area (Å²) in [5, 5.41) is 11.8. The maximum Gasteiger partial charge on any atom is 0.104 e. The van der Waals surface area contributed by atoms with Gasteiger partial charge in [-0.3, -0.25) is 0 Å². The van der Waals surface area contributed by atoms with Crippen molar-refractivity contribution in [1.29, 1.82) is 5.26 Å². The molecule has 0 amide bonds. The second-order valence-corrected chi connectivity index (χ2v) is 4.82. The summed E-state index contributed by atoms with van der Waals surface area (Å²) in [5.74, 6) is 5.47. The van der Waals surface area contributed by atoms with E-state index in [9.17, 15) is 0 Å². The lowest BCUT2D eigenvalue weighted by atomic mass is 10.2. The quantitative estimate of drug-likeness (QED) is 0.384. The van der Waals surface area contributed by atoms with E-state index in [2.05, 4.69) is 15.8 Å². The molecular weight excluding hydrogens is 260 g/mol. The van der Waals surface area contributed by atoms with Crippen molar-refractivity contribution in [2.24, 2.45) is 11.6 Å². The Hall–Kier alpha value is -2.30. The van der Waals surface area contributed by atoms with Crippen molar-refractivity contribution >= 4 is 28.5 Å². The molecule has 1 heterocycles. The lowest BCUT2D eigenvalue weighted by Crippen LogP contribution is -2.20. The largest absolute Gasteiger partial charge is 0.391 e. The molecule has 0 saturated carbocycles. The molecular formula is C12H14N6S. The number of para-hydroxylation sites is 1. The fourth-order valence-electron chi connectivity index (χ4n) is 1.67. The highest BCUT2D eigenvalue weighted by molar-refractivity contribution is 8.04. The third-order valence-electron chi connectivity index (χ3n) is 2.45. The zero-order valence-corrected chi connectivity index (χ0v) is 11.2. The average Bonchev–Trinajstić information content (AvgIpc) is 2.79. The van der Waals surface area contributed by atoms with Crippen molar-refractivity contribution in [2.75, 3.05) is 11.8 Å². The number of aromatic amines is 1. The molecule has 2 aromatic rings. The SMILES string of the molecule is CN(N)/C=C(\N)SNc1cccc2c(C#N)c[nH]c12. The third-order valence-corrected chi connectivity index (χ3v) is 3.11. The highest BCUT2D eigenvalue weighted by atomic mass is 32.2. The Morgan fingerprint density at radius 1 is 1.58 bits per heavy atom. The Kier molecular flexibility index (Phi) is 3.85. The van der Waals surface area contributed by atoms with E-state index in [4.69, 9.17) is 16.8 Å². The number of rotatable bonds is 4. The molecule has 19 heavy (non-hydrogen) atoms. The molecule has 6 nitrogen and oxygen atoms in total. The molecule has 0 unspecified atom stereocenters. The Balaban J connectivity index is 2.22. The van der Waals surface area contributed by atoms with Gasteiger partial charge < -0.3 is 20.4 Å². The highest BCUT2D eigenvalue weighted by Gasteiger charge is 2.07. The number of nitrogens with two attached hydrogens (primary N) is 2. The summed E-state index contributed by atoms with van der Waals surface area (Å²) in [7, 11) is 1.69. The number of benzene rings is 1. The van der Waals surface area contributed by atoms with Gasteiger partial charge in [-0.15, -0.1) is 0 Å². The molecule has 0 radical (unpaired) electrons. The first-order valence-corrected chi connectivity index (χ1v) is 6.31. The molecule has 2 rings (SSSR count). The molecule has 0 aliphatic heterocycles. The van der Waals surface area contributed by atoms with E-state index in [1.54, 1.807) is 19.4 Å². The molecule has 1 aromatic carbocycles. The van der Waals surface area contributed by atoms with Gasteiger partial charge >= 0.3 is 0 Å². The number of nitrogens with one attached hydrogen (secondary N) is 2. The molecule has 0 saturated heterocycles. The van der Waals surface area contributed by atoms with E-state index in [0.29, 0.717) is 10.6 Å². The van der Waals surface area contributed by atoms with E-state index in [1.807, 2.05) is 18.2 Å². The first kappa shape index (κ1) is 13.1. The summed E-state index contributed by atoms with van der Waals surface area (Å²) < 4.78 is 3.13. The van der Waals surface area contributed by atoms with E-state index in [1.165, 1.54) is 17.0 Å². The van der Waals surface area contributed by atoms with Crippen LogP contribution in [0.2, 0.25) is 0 Å². The fourth-order valence-corrected chi connectivity index (χ4v) is 2.29. The number of aromatic nitrogens is 1. The molecule has 0 aliphatic carbocycles. The predicted octanol–water partition coefficient (Wildman–Crippen LogP) is 1.66. The maximum absolute atomic E-state index is 8.99. The van der Waals surface area contributed by atoms with Crippen molar-refractivity contribution in [3.05, 3.63) is 41.2 Å². The van der Waals surface area contributed by atoms with Crippen LogP contribution in [-0.4, -0.2) is 17.0 Å². The van der Waals surface area contributed by atoms with Crippen molar-refractivity contribution < 1.29 is 0 Å². The van der Waals surface area contributed by atoms with Gasteiger partial charge in [-0.05, 0) is 6.07 Å². The van der Waals surface area contributed by atoms with Crippen LogP contribution >= 0.6 is 11.9 Å². The summed E-state index contributed by atoms with van der Waals surface area (Å²) in [5.41, 5.74) is 8.13. The summed E-state index contributed by atoms with van der Waals surface area (Å²) in [4.78, 5) is 3.08. The van der Waals surface area contributed by atoms with Gasteiger partial charge in [0.25, 0.3) is 0 Å². The number of anilines is 1. The average molecular weight is 274 g/mol. The Labute approximate surface area is 115 Å². The first-order chi connectivity index (χ1) is 9.11. The number of H-pyrrole nitrogens is 1. The Morgan fingerprint density at radius 3 is 3.05 bits per heavy atom. The van der Waals surface area contributed by atoms with Gasteiger partial charge in [0.05, 0.1) is 16.8 Å². The van der Waals surface area contributed by atoms with Gasteiger partial charge in [-0.1, -0.05) is 12.1 Å². The monoisotopic (exact) mass is 274 g/mol. The number of hydrogen-bond donors (Lipinski definition) is 4. The molecule has 0 aliphatic rings. The fraction of sp³-hybridized carbons (Fsp3) is 0.0833. The lowest BCUT2D eigenvalue weighted by molar-refractivity contribution is 0.483. The molecule has 0 fully saturated rings. The zero-order valence-electron chi connectivity index (χ0n) is 10.3. The first-order valence-electron chi connectivity index (χ1n) is 5.49. The Bertz CT molecular complexity index is 652. The van der Waals surface area contributed by atoms with Gasteiger partial charge in [0.15, 0.2) is 0 Å². The molecule has 0 spiro atoms. The summed E-state index contributed by atoms with van der Waals surface area (Å²) in [6, 6.07) is 7.83. The van der Waals surface area contributed by atoms with Crippen LogP contribution < -0.4 is 16.3 Å². The van der Waals surface area contributed by atoms with Crippen LogP contribution in [0.4, 0.5) is 5.69 Å². The number of hydrazine groups is 1. The van der Waals surface area contributed by atoms with Crippen LogP contribution in [0.25, 0.3) is 10.9 Å². The zero-order chi connectivity index (χ0) is 13.8. The van der Waals surface area contributed by atoms with Gasteiger partial charge in [0.2, 0.25) is 0 Å². The van der Waals surface area contributed by atoms with Gasteiger partial charge in [-0.2, -0.15) is 5.26 Å². The smallest absolute Gasteiger partial charge is 0.104 e.